The third-order valence-electron chi connectivity index (χ3n) is 2.32. The molecular weight excluding hydrogens is 208 g/mol. The first-order valence-corrected chi connectivity index (χ1v) is 5.64. The number of carbonyl (C=O) groups excluding carboxylic acids is 1. The Hall–Kier alpha value is -0.650. The van der Waals surface area contributed by atoms with Crippen molar-refractivity contribution in [2.24, 2.45) is 5.73 Å². The Labute approximate surface area is 97.6 Å². The zero-order chi connectivity index (χ0) is 12.6. The van der Waals surface area contributed by atoms with Gasteiger partial charge in [-0.15, -0.1) is 0 Å². The smallest absolute Gasteiger partial charge is 0.222 e. The second-order valence-electron chi connectivity index (χ2n) is 4.25. The number of aliphatic hydroxyl groups is 1. The van der Waals surface area contributed by atoms with Crippen molar-refractivity contribution >= 4 is 5.91 Å². The number of aliphatic hydroxyl groups excluding tert-OH is 1. The van der Waals surface area contributed by atoms with Gasteiger partial charge in [-0.25, -0.2) is 0 Å². The van der Waals surface area contributed by atoms with Gasteiger partial charge in [-0.3, -0.25) is 4.79 Å². The predicted octanol–water partition coefficient (Wildman–Crippen LogP) is -0.0304. The Morgan fingerprint density at radius 1 is 1.56 bits per heavy atom. The number of amides is 1. The molecule has 0 aromatic heterocycles. The molecule has 0 aliphatic rings. The highest BCUT2D eigenvalue weighted by molar-refractivity contribution is 5.75. The molecule has 16 heavy (non-hydrogen) atoms. The topological polar surface area (TPSA) is 75.8 Å². The SMILES string of the molecule is COCC(O)CN(C)C(=O)CCCC(C)N. The molecule has 0 aromatic carbocycles. The highest BCUT2D eigenvalue weighted by Gasteiger charge is 2.13. The van der Waals surface area contributed by atoms with Gasteiger partial charge in [0.1, 0.15) is 0 Å². The lowest BCUT2D eigenvalue weighted by molar-refractivity contribution is -0.131. The van der Waals surface area contributed by atoms with Crippen LogP contribution in [0, 0.1) is 0 Å². The summed E-state index contributed by atoms with van der Waals surface area (Å²) in [6, 6.07) is 0.136. The first-order valence-electron chi connectivity index (χ1n) is 5.64. The summed E-state index contributed by atoms with van der Waals surface area (Å²) in [4.78, 5) is 13.1. The predicted molar refractivity (Wildman–Crippen MR) is 63.0 cm³/mol. The maximum Gasteiger partial charge on any atom is 0.222 e. The van der Waals surface area contributed by atoms with E-state index < -0.39 is 6.10 Å². The molecule has 5 nitrogen and oxygen atoms in total. The number of hydrogen-bond donors (Lipinski definition) is 2. The van der Waals surface area contributed by atoms with Crippen molar-refractivity contribution < 1.29 is 14.6 Å². The van der Waals surface area contributed by atoms with E-state index in [-0.39, 0.29) is 18.6 Å². The second-order valence-corrected chi connectivity index (χ2v) is 4.25. The number of likely N-dealkylation sites (N-methyl/N-ethyl adjacent to an activating group) is 1. The van der Waals surface area contributed by atoms with Crippen LogP contribution < -0.4 is 5.73 Å². The number of carbonyl (C=O) groups is 1. The average molecular weight is 232 g/mol. The lowest BCUT2D eigenvalue weighted by Crippen LogP contribution is -2.36. The summed E-state index contributed by atoms with van der Waals surface area (Å²) >= 11 is 0. The molecular formula is C11H24N2O3. The van der Waals surface area contributed by atoms with Gasteiger partial charge >= 0.3 is 0 Å². The highest BCUT2D eigenvalue weighted by Crippen LogP contribution is 2.02. The molecule has 0 bridgehead atoms. The Balaban J connectivity index is 3.72. The summed E-state index contributed by atoms with van der Waals surface area (Å²) in [7, 11) is 3.21. The normalized spacial score (nSPS) is 14.6. The van der Waals surface area contributed by atoms with Crippen LogP contribution in [0.3, 0.4) is 0 Å². The Morgan fingerprint density at radius 3 is 2.69 bits per heavy atom. The maximum atomic E-state index is 11.6. The Kier molecular flexibility index (Phi) is 8.15. The van der Waals surface area contributed by atoms with E-state index in [1.165, 1.54) is 12.0 Å². The first kappa shape index (κ1) is 15.3. The maximum absolute atomic E-state index is 11.6. The standard InChI is InChI=1S/C11H24N2O3/c1-9(12)5-4-6-11(15)13(2)7-10(14)8-16-3/h9-10,14H,4-8,12H2,1-3H3. The van der Waals surface area contributed by atoms with Gasteiger partial charge in [-0.2, -0.15) is 0 Å². The fourth-order valence-electron chi connectivity index (χ4n) is 1.43. The van der Waals surface area contributed by atoms with Crippen LogP contribution in [0.15, 0.2) is 0 Å². The van der Waals surface area contributed by atoms with E-state index in [1.54, 1.807) is 7.05 Å². The largest absolute Gasteiger partial charge is 0.389 e. The van der Waals surface area contributed by atoms with E-state index in [0.717, 1.165) is 12.8 Å². The van der Waals surface area contributed by atoms with Crippen LogP contribution in [0.5, 0.6) is 0 Å². The van der Waals surface area contributed by atoms with Gasteiger partial charge in [0.15, 0.2) is 0 Å². The lowest BCUT2D eigenvalue weighted by atomic mass is 10.1. The molecule has 96 valence electrons. The summed E-state index contributed by atoms with van der Waals surface area (Å²) in [6.45, 7) is 2.48. The zero-order valence-electron chi connectivity index (χ0n) is 10.5. The van der Waals surface area contributed by atoms with Crippen LogP contribution in [-0.4, -0.2) is 55.4 Å². The third kappa shape index (κ3) is 7.62. The van der Waals surface area contributed by atoms with Crippen molar-refractivity contribution in [3.05, 3.63) is 0 Å². The summed E-state index contributed by atoms with van der Waals surface area (Å²) in [5, 5.41) is 9.44. The number of hydrogen-bond acceptors (Lipinski definition) is 4. The van der Waals surface area contributed by atoms with E-state index >= 15 is 0 Å². The van der Waals surface area contributed by atoms with E-state index in [1.807, 2.05) is 6.92 Å². The molecule has 0 spiro atoms. The molecule has 0 aliphatic carbocycles. The molecule has 0 fully saturated rings. The molecule has 0 aromatic rings. The lowest BCUT2D eigenvalue weighted by Gasteiger charge is -2.20. The molecule has 0 rings (SSSR count). The highest BCUT2D eigenvalue weighted by atomic mass is 16.5. The summed E-state index contributed by atoms with van der Waals surface area (Å²) in [5.74, 6) is 0.0378. The van der Waals surface area contributed by atoms with E-state index in [4.69, 9.17) is 10.5 Å². The summed E-state index contributed by atoms with van der Waals surface area (Å²) in [5.41, 5.74) is 5.59. The minimum Gasteiger partial charge on any atom is -0.389 e. The molecule has 1 amide bonds. The quantitative estimate of drug-likeness (QED) is 0.616. The van der Waals surface area contributed by atoms with Crippen LogP contribution in [0.1, 0.15) is 26.2 Å². The van der Waals surface area contributed by atoms with E-state index in [9.17, 15) is 9.90 Å². The minimum atomic E-state index is -0.618. The minimum absolute atomic E-state index is 0.0378. The van der Waals surface area contributed by atoms with Crippen molar-refractivity contribution in [3.8, 4) is 0 Å². The average Bonchev–Trinajstić information content (AvgIpc) is 2.17. The monoisotopic (exact) mass is 232 g/mol. The fourth-order valence-corrected chi connectivity index (χ4v) is 1.43. The fraction of sp³-hybridized carbons (Fsp3) is 0.909. The van der Waals surface area contributed by atoms with Crippen LogP contribution in [0.25, 0.3) is 0 Å². The van der Waals surface area contributed by atoms with Crippen LogP contribution in [0.2, 0.25) is 0 Å². The molecule has 0 radical (unpaired) electrons. The molecule has 0 aliphatic heterocycles. The van der Waals surface area contributed by atoms with Gasteiger partial charge in [-0.1, -0.05) is 0 Å². The van der Waals surface area contributed by atoms with Crippen LogP contribution >= 0.6 is 0 Å². The first-order chi connectivity index (χ1) is 7.47. The zero-order valence-corrected chi connectivity index (χ0v) is 10.5. The Bertz CT molecular complexity index is 198. The van der Waals surface area contributed by atoms with Gasteiger partial charge in [0, 0.05) is 33.2 Å². The molecule has 0 heterocycles. The molecule has 3 N–H and O–H groups in total. The van der Waals surface area contributed by atoms with Crippen molar-refractivity contribution in [1.82, 2.24) is 4.90 Å². The van der Waals surface area contributed by atoms with Gasteiger partial charge < -0.3 is 20.5 Å². The van der Waals surface area contributed by atoms with E-state index in [2.05, 4.69) is 0 Å². The second kappa shape index (κ2) is 8.50. The third-order valence-corrected chi connectivity index (χ3v) is 2.32. The van der Waals surface area contributed by atoms with E-state index in [0.29, 0.717) is 13.0 Å². The van der Waals surface area contributed by atoms with Crippen molar-refractivity contribution in [2.45, 2.75) is 38.3 Å². The number of nitrogens with zero attached hydrogens (tertiary/aromatic N) is 1. The molecule has 0 saturated heterocycles. The van der Waals surface area contributed by atoms with Crippen molar-refractivity contribution in [3.63, 3.8) is 0 Å². The van der Waals surface area contributed by atoms with Gasteiger partial charge in [-0.05, 0) is 19.8 Å². The van der Waals surface area contributed by atoms with Crippen molar-refractivity contribution in [2.75, 3.05) is 27.3 Å². The van der Waals surface area contributed by atoms with Crippen LogP contribution in [-0.2, 0) is 9.53 Å². The molecule has 2 unspecified atom stereocenters. The summed E-state index contributed by atoms with van der Waals surface area (Å²) in [6.07, 6.45) is 1.51. The van der Waals surface area contributed by atoms with Gasteiger partial charge in [0.2, 0.25) is 5.91 Å². The summed E-state index contributed by atoms with van der Waals surface area (Å²) < 4.78 is 4.79. The van der Waals surface area contributed by atoms with Gasteiger partial charge in [0.05, 0.1) is 12.7 Å². The van der Waals surface area contributed by atoms with Gasteiger partial charge in [0.25, 0.3) is 0 Å². The molecule has 0 saturated carbocycles. The van der Waals surface area contributed by atoms with Crippen LogP contribution in [0.4, 0.5) is 0 Å². The van der Waals surface area contributed by atoms with Crippen molar-refractivity contribution in [1.29, 1.82) is 0 Å². The molecule has 2 atom stereocenters. The molecule has 5 heteroatoms. The number of rotatable bonds is 8. The number of methoxy groups -OCH3 is 1. The number of nitrogens with two attached hydrogens (primary N) is 1. The number of ether oxygens (including phenoxy) is 1. The Morgan fingerprint density at radius 2 is 2.19 bits per heavy atom.